The van der Waals surface area contributed by atoms with Crippen molar-refractivity contribution in [2.45, 2.75) is 13.0 Å². The molecule has 3 N–H and O–H groups in total. The lowest BCUT2D eigenvalue weighted by Gasteiger charge is -2.05. The van der Waals surface area contributed by atoms with Gasteiger partial charge in [-0.2, -0.15) is 0 Å². The van der Waals surface area contributed by atoms with Crippen molar-refractivity contribution in [3.05, 3.63) is 48.3 Å². The first-order valence-electron chi connectivity index (χ1n) is 6.68. The fraction of sp³-hybridized carbons (Fsp3) is 0.267. The number of rotatable bonds is 5. The molecule has 0 aliphatic heterocycles. The Balaban J connectivity index is 1.77. The van der Waals surface area contributed by atoms with Crippen molar-refractivity contribution in [3.8, 4) is 11.8 Å². The summed E-state index contributed by atoms with van der Waals surface area (Å²) in [6.07, 6.45) is 7.79. The Hall–Kier alpha value is -2.65. The van der Waals surface area contributed by atoms with Gasteiger partial charge in [-0.15, -0.1) is 0 Å². The van der Waals surface area contributed by atoms with Crippen LogP contribution in [0.5, 0.6) is 0 Å². The summed E-state index contributed by atoms with van der Waals surface area (Å²) in [7, 11) is 0. The minimum Gasteiger partial charge on any atom is -0.351 e. The first kappa shape index (κ1) is 14.8. The van der Waals surface area contributed by atoms with Gasteiger partial charge in [-0.25, -0.2) is 9.97 Å². The standard InChI is InChI=1S/C15H17N5O/c16-6-1-3-13-4-5-14(19-11-13)15(21)18-7-2-9-20-10-8-17-12-20/h4-5,8,10-12H,2,6-7,9,16H2,(H,18,21). The molecule has 0 bridgehead atoms. The third-order valence-electron chi connectivity index (χ3n) is 2.77. The number of hydrogen-bond acceptors (Lipinski definition) is 4. The Morgan fingerprint density at radius 2 is 2.33 bits per heavy atom. The van der Waals surface area contributed by atoms with E-state index in [2.05, 4.69) is 27.1 Å². The fourth-order valence-electron chi connectivity index (χ4n) is 1.73. The van der Waals surface area contributed by atoms with Gasteiger partial charge < -0.3 is 15.6 Å². The molecule has 0 atom stereocenters. The molecule has 21 heavy (non-hydrogen) atoms. The average molecular weight is 283 g/mol. The first-order valence-corrected chi connectivity index (χ1v) is 6.68. The van der Waals surface area contributed by atoms with Crippen LogP contribution in [0.15, 0.2) is 37.1 Å². The normalized spacial score (nSPS) is 9.76. The van der Waals surface area contributed by atoms with Crippen molar-refractivity contribution in [3.63, 3.8) is 0 Å². The van der Waals surface area contributed by atoms with E-state index in [0.29, 0.717) is 18.8 Å². The van der Waals surface area contributed by atoms with Crippen molar-refractivity contribution in [2.75, 3.05) is 13.1 Å². The predicted octanol–water partition coefficient (Wildman–Crippen LogP) is 0.408. The van der Waals surface area contributed by atoms with E-state index in [4.69, 9.17) is 5.73 Å². The Kier molecular flexibility index (Phi) is 5.50. The Morgan fingerprint density at radius 1 is 1.43 bits per heavy atom. The van der Waals surface area contributed by atoms with E-state index in [1.165, 1.54) is 0 Å². The Morgan fingerprint density at radius 3 is 3.00 bits per heavy atom. The van der Waals surface area contributed by atoms with Crippen LogP contribution in [0.4, 0.5) is 0 Å². The van der Waals surface area contributed by atoms with Crippen molar-refractivity contribution in [1.82, 2.24) is 19.9 Å². The summed E-state index contributed by atoms with van der Waals surface area (Å²) in [6, 6.07) is 3.42. The zero-order chi connectivity index (χ0) is 14.9. The summed E-state index contributed by atoms with van der Waals surface area (Å²) in [5, 5.41) is 2.83. The van der Waals surface area contributed by atoms with Crippen LogP contribution in [-0.2, 0) is 6.54 Å². The molecule has 0 saturated carbocycles. The number of amides is 1. The predicted molar refractivity (Wildman–Crippen MR) is 79.3 cm³/mol. The van der Waals surface area contributed by atoms with E-state index in [1.807, 2.05) is 10.8 Å². The van der Waals surface area contributed by atoms with Gasteiger partial charge in [-0.1, -0.05) is 11.8 Å². The molecule has 0 aromatic carbocycles. The van der Waals surface area contributed by atoms with Crippen LogP contribution in [0, 0.1) is 11.8 Å². The maximum absolute atomic E-state index is 11.9. The maximum atomic E-state index is 11.9. The third-order valence-corrected chi connectivity index (χ3v) is 2.77. The van der Waals surface area contributed by atoms with Crippen molar-refractivity contribution < 1.29 is 4.79 Å². The van der Waals surface area contributed by atoms with E-state index in [0.717, 1.165) is 18.5 Å². The van der Waals surface area contributed by atoms with Gasteiger partial charge >= 0.3 is 0 Å². The van der Waals surface area contributed by atoms with Crippen LogP contribution < -0.4 is 11.1 Å². The molecule has 6 nitrogen and oxygen atoms in total. The molecule has 1 amide bonds. The summed E-state index contributed by atoms with van der Waals surface area (Å²) in [6.45, 7) is 1.72. The van der Waals surface area contributed by atoms with Gasteiger partial charge in [0.2, 0.25) is 0 Å². The smallest absolute Gasteiger partial charge is 0.269 e. The second kappa shape index (κ2) is 7.82. The van der Waals surface area contributed by atoms with Crippen LogP contribution in [0.1, 0.15) is 22.5 Å². The molecule has 0 spiro atoms. The van der Waals surface area contributed by atoms with Gasteiger partial charge in [0.1, 0.15) is 5.69 Å². The number of aromatic nitrogens is 3. The van der Waals surface area contributed by atoms with E-state index in [1.54, 1.807) is 30.9 Å². The number of aryl methyl sites for hydroxylation is 1. The van der Waals surface area contributed by atoms with Gasteiger partial charge in [0.25, 0.3) is 5.91 Å². The molecule has 0 unspecified atom stereocenters. The molecule has 2 aromatic heterocycles. The number of carbonyl (C=O) groups is 1. The number of hydrogen-bond donors (Lipinski definition) is 2. The zero-order valence-electron chi connectivity index (χ0n) is 11.6. The zero-order valence-corrected chi connectivity index (χ0v) is 11.6. The van der Waals surface area contributed by atoms with E-state index >= 15 is 0 Å². The van der Waals surface area contributed by atoms with Gasteiger partial charge in [-0.05, 0) is 18.6 Å². The summed E-state index contributed by atoms with van der Waals surface area (Å²) in [5.74, 6) is 5.42. The molecule has 0 aliphatic carbocycles. The molecule has 2 aromatic rings. The lowest BCUT2D eigenvalue weighted by atomic mass is 10.2. The first-order chi connectivity index (χ1) is 10.3. The summed E-state index contributed by atoms with van der Waals surface area (Å²) in [5.41, 5.74) is 6.43. The van der Waals surface area contributed by atoms with Crippen molar-refractivity contribution in [1.29, 1.82) is 0 Å². The molecule has 2 heterocycles. The van der Waals surface area contributed by atoms with Crippen LogP contribution in [-0.4, -0.2) is 33.5 Å². The second-order valence-corrected chi connectivity index (χ2v) is 4.35. The Labute approximate surface area is 123 Å². The molecule has 6 heteroatoms. The highest BCUT2D eigenvalue weighted by Crippen LogP contribution is 1.99. The summed E-state index contributed by atoms with van der Waals surface area (Å²) < 4.78 is 1.97. The third kappa shape index (κ3) is 4.75. The number of imidazole rings is 1. The highest BCUT2D eigenvalue weighted by atomic mass is 16.1. The van der Waals surface area contributed by atoms with Gasteiger partial charge in [0.15, 0.2) is 0 Å². The molecule has 0 aliphatic rings. The van der Waals surface area contributed by atoms with Gasteiger partial charge in [-0.3, -0.25) is 4.79 Å². The van der Waals surface area contributed by atoms with Crippen LogP contribution in [0.25, 0.3) is 0 Å². The minimum atomic E-state index is -0.182. The monoisotopic (exact) mass is 283 g/mol. The molecular formula is C15H17N5O. The molecule has 2 rings (SSSR count). The van der Waals surface area contributed by atoms with Crippen LogP contribution in [0.2, 0.25) is 0 Å². The van der Waals surface area contributed by atoms with Crippen LogP contribution >= 0.6 is 0 Å². The van der Waals surface area contributed by atoms with E-state index in [-0.39, 0.29) is 5.91 Å². The molecular weight excluding hydrogens is 266 g/mol. The minimum absolute atomic E-state index is 0.182. The lowest BCUT2D eigenvalue weighted by Crippen LogP contribution is -2.26. The quantitative estimate of drug-likeness (QED) is 0.614. The van der Waals surface area contributed by atoms with Gasteiger partial charge in [0.05, 0.1) is 12.9 Å². The summed E-state index contributed by atoms with van der Waals surface area (Å²) >= 11 is 0. The second-order valence-electron chi connectivity index (χ2n) is 4.35. The van der Waals surface area contributed by atoms with E-state index < -0.39 is 0 Å². The maximum Gasteiger partial charge on any atom is 0.269 e. The fourth-order valence-corrected chi connectivity index (χ4v) is 1.73. The molecule has 0 saturated heterocycles. The lowest BCUT2D eigenvalue weighted by molar-refractivity contribution is 0.0948. The number of nitrogens with two attached hydrogens (primary N) is 1. The highest BCUT2D eigenvalue weighted by molar-refractivity contribution is 5.92. The largest absolute Gasteiger partial charge is 0.351 e. The number of carbonyl (C=O) groups excluding carboxylic acids is 1. The number of pyridine rings is 1. The highest BCUT2D eigenvalue weighted by Gasteiger charge is 2.05. The Bertz CT molecular complexity index is 622. The van der Waals surface area contributed by atoms with Crippen LogP contribution in [0.3, 0.4) is 0 Å². The number of nitrogens with one attached hydrogen (secondary N) is 1. The van der Waals surface area contributed by atoms with Crippen molar-refractivity contribution in [2.24, 2.45) is 5.73 Å². The van der Waals surface area contributed by atoms with E-state index in [9.17, 15) is 4.79 Å². The summed E-state index contributed by atoms with van der Waals surface area (Å²) in [4.78, 5) is 19.9. The molecule has 0 radical (unpaired) electrons. The number of nitrogens with zero attached hydrogens (tertiary/aromatic N) is 3. The van der Waals surface area contributed by atoms with Crippen molar-refractivity contribution >= 4 is 5.91 Å². The SMILES string of the molecule is NCC#Cc1ccc(C(=O)NCCCn2ccnc2)nc1. The molecule has 108 valence electrons. The van der Waals surface area contributed by atoms with Gasteiger partial charge in [0, 0.05) is 37.2 Å². The average Bonchev–Trinajstić information content (AvgIpc) is 3.03. The topological polar surface area (TPSA) is 85.8 Å². The molecule has 0 fully saturated rings.